The Balaban J connectivity index is 1.47. The molecular formula is C29H31N3O3. The van der Waals surface area contributed by atoms with Gasteiger partial charge in [-0.25, -0.2) is 4.79 Å². The Bertz CT molecular complexity index is 1310. The fourth-order valence-electron chi connectivity index (χ4n) is 5.20. The Kier molecular flexibility index (Phi) is 6.57. The highest BCUT2D eigenvalue weighted by Crippen LogP contribution is 2.35. The molecule has 0 spiro atoms. The van der Waals surface area contributed by atoms with Crippen molar-refractivity contribution >= 4 is 16.9 Å². The molecule has 1 aromatic heterocycles. The van der Waals surface area contributed by atoms with Crippen LogP contribution in [-0.2, 0) is 13.1 Å². The summed E-state index contributed by atoms with van der Waals surface area (Å²) in [5.74, 6) is 0.00304. The van der Waals surface area contributed by atoms with Gasteiger partial charge in [0.05, 0.1) is 12.7 Å². The van der Waals surface area contributed by atoms with Crippen molar-refractivity contribution in [2.45, 2.75) is 26.1 Å². The molecule has 1 aliphatic heterocycles. The van der Waals surface area contributed by atoms with Gasteiger partial charge in [0.15, 0.2) is 0 Å². The number of ether oxygens (including phenoxy) is 1. The number of piperazine rings is 1. The average Bonchev–Trinajstić information content (AvgIpc) is 3.38. The second kappa shape index (κ2) is 9.94. The summed E-state index contributed by atoms with van der Waals surface area (Å²) in [6.07, 6.45) is 1.99. The number of fused-ring (bicyclic) bond motifs is 1. The Morgan fingerprint density at radius 1 is 1.06 bits per heavy atom. The monoisotopic (exact) mass is 469 g/mol. The Hall–Kier alpha value is -3.61. The lowest BCUT2D eigenvalue weighted by Gasteiger charge is -2.42. The van der Waals surface area contributed by atoms with Crippen molar-refractivity contribution in [3.8, 4) is 5.75 Å². The van der Waals surface area contributed by atoms with Gasteiger partial charge in [-0.1, -0.05) is 42.5 Å². The number of hydrogen-bond donors (Lipinski definition) is 2. The standard InChI is InChI=1S/C29H31N3O3/c1-20-16-27(35-2)25(24-12-13-30-28(20)24)18-32-15-14-31(17-21-6-4-3-5-7-21)19-26(32)22-8-10-23(11-9-22)29(33)34/h3-13,16,26,30H,14-15,17-19H2,1-2H3,(H,33,34). The molecule has 0 saturated carbocycles. The molecule has 6 heteroatoms. The quantitative estimate of drug-likeness (QED) is 0.387. The number of aromatic nitrogens is 1. The van der Waals surface area contributed by atoms with Crippen LogP contribution in [0, 0.1) is 6.92 Å². The second-order valence-electron chi connectivity index (χ2n) is 9.27. The van der Waals surface area contributed by atoms with E-state index in [9.17, 15) is 9.90 Å². The maximum absolute atomic E-state index is 11.4. The smallest absolute Gasteiger partial charge is 0.335 e. The number of aromatic amines is 1. The van der Waals surface area contributed by atoms with Crippen LogP contribution in [0.5, 0.6) is 5.75 Å². The first-order chi connectivity index (χ1) is 17.0. The van der Waals surface area contributed by atoms with Crippen molar-refractivity contribution in [1.82, 2.24) is 14.8 Å². The number of methoxy groups -OCH3 is 1. The van der Waals surface area contributed by atoms with Crippen molar-refractivity contribution in [1.29, 1.82) is 0 Å². The van der Waals surface area contributed by atoms with Crippen LogP contribution in [0.25, 0.3) is 10.9 Å². The van der Waals surface area contributed by atoms with Gasteiger partial charge in [0.25, 0.3) is 0 Å². The zero-order valence-electron chi connectivity index (χ0n) is 20.2. The highest BCUT2D eigenvalue weighted by Gasteiger charge is 2.30. The van der Waals surface area contributed by atoms with E-state index in [1.807, 2.05) is 24.4 Å². The van der Waals surface area contributed by atoms with Crippen molar-refractivity contribution in [2.75, 3.05) is 26.7 Å². The highest BCUT2D eigenvalue weighted by molar-refractivity contribution is 5.88. The van der Waals surface area contributed by atoms with Gasteiger partial charge in [0, 0.05) is 61.4 Å². The molecule has 0 bridgehead atoms. The average molecular weight is 470 g/mol. The van der Waals surface area contributed by atoms with Crippen molar-refractivity contribution < 1.29 is 14.6 Å². The van der Waals surface area contributed by atoms with Gasteiger partial charge in [0.1, 0.15) is 5.75 Å². The lowest BCUT2D eigenvalue weighted by molar-refractivity contribution is 0.0632. The molecular weight excluding hydrogens is 438 g/mol. The van der Waals surface area contributed by atoms with E-state index in [2.05, 4.69) is 58.1 Å². The summed E-state index contributed by atoms with van der Waals surface area (Å²) < 4.78 is 5.81. The fourth-order valence-corrected chi connectivity index (χ4v) is 5.20. The number of nitrogens with zero attached hydrogens (tertiary/aromatic N) is 2. The molecule has 2 heterocycles. The fraction of sp³-hybridized carbons (Fsp3) is 0.276. The van der Waals surface area contributed by atoms with Crippen LogP contribution in [0.4, 0.5) is 0 Å². The molecule has 3 aromatic carbocycles. The van der Waals surface area contributed by atoms with E-state index in [-0.39, 0.29) is 6.04 Å². The Morgan fingerprint density at radius 2 is 1.83 bits per heavy atom. The zero-order chi connectivity index (χ0) is 24.4. The number of aromatic carboxylic acids is 1. The third-order valence-electron chi connectivity index (χ3n) is 7.06. The number of rotatable bonds is 7. The number of aryl methyl sites for hydroxylation is 1. The molecule has 35 heavy (non-hydrogen) atoms. The minimum atomic E-state index is -0.901. The minimum Gasteiger partial charge on any atom is -0.496 e. The molecule has 180 valence electrons. The largest absolute Gasteiger partial charge is 0.496 e. The SMILES string of the molecule is COc1cc(C)c2[nH]ccc2c1CN1CCN(Cc2ccccc2)CC1c1ccc(C(=O)O)cc1. The van der Waals surface area contributed by atoms with E-state index in [4.69, 9.17) is 4.74 Å². The van der Waals surface area contributed by atoms with E-state index in [0.717, 1.165) is 49.6 Å². The van der Waals surface area contributed by atoms with E-state index in [1.165, 1.54) is 22.1 Å². The molecule has 1 fully saturated rings. The molecule has 1 atom stereocenters. The third-order valence-corrected chi connectivity index (χ3v) is 7.06. The van der Waals surface area contributed by atoms with Gasteiger partial charge in [-0.05, 0) is 47.9 Å². The molecule has 1 aliphatic rings. The topological polar surface area (TPSA) is 68.8 Å². The summed E-state index contributed by atoms with van der Waals surface area (Å²) in [7, 11) is 1.73. The van der Waals surface area contributed by atoms with Crippen LogP contribution in [0.2, 0.25) is 0 Å². The minimum absolute atomic E-state index is 0.135. The predicted octanol–water partition coefficient (Wildman–Crippen LogP) is 5.24. The van der Waals surface area contributed by atoms with Crippen molar-refractivity contribution in [3.63, 3.8) is 0 Å². The summed E-state index contributed by atoms with van der Waals surface area (Å²) >= 11 is 0. The number of H-pyrrole nitrogens is 1. The van der Waals surface area contributed by atoms with Gasteiger partial charge in [-0.3, -0.25) is 9.80 Å². The maximum Gasteiger partial charge on any atom is 0.335 e. The number of benzene rings is 3. The Morgan fingerprint density at radius 3 is 2.54 bits per heavy atom. The molecule has 2 N–H and O–H groups in total. The summed E-state index contributed by atoms with van der Waals surface area (Å²) in [5.41, 5.74) is 6.23. The van der Waals surface area contributed by atoms with E-state index in [1.54, 1.807) is 19.2 Å². The van der Waals surface area contributed by atoms with Gasteiger partial charge in [0.2, 0.25) is 0 Å². The van der Waals surface area contributed by atoms with Crippen LogP contribution < -0.4 is 4.74 Å². The summed E-state index contributed by atoms with van der Waals surface area (Å²) in [4.78, 5) is 19.8. The molecule has 6 nitrogen and oxygen atoms in total. The van der Waals surface area contributed by atoms with Crippen LogP contribution in [0.3, 0.4) is 0 Å². The lowest BCUT2D eigenvalue weighted by atomic mass is 9.98. The van der Waals surface area contributed by atoms with Gasteiger partial charge in [-0.15, -0.1) is 0 Å². The third kappa shape index (κ3) is 4.81. The number of carboxylic acids is 1. The molecule has 1 unspecified atom stereocenters. The molecule has 1 saturated heterocycles. The molecule has 5 rings (SSSR count). The van der Waals surface area contributed by atoms with Crippen LogP contribution in [-0.4, -0.2) is 52.6 Å². The Labute approximate surface area is 205 Å². The predicted molar refractivity (Wildman–Crippen MR) is 138 cm³/mol. The lowest BCUT2D eigenvalue weighted by Crippen LogP contribution is -2.47. The first-order valence-corrected chi connectivity index (χ1v) is 12.0. The number of nitrogens with one attached hydrogen (secondary N) is 1. The number of hydrogen-bond acceptors (Lipinski definition) is 4. The van der Waals surface area contributed by atoms with Crippen molar-refractivity contribution in [3.05, 3.63) is 101 Å². The number of carboxylic acid groups (broad SMARTS) is 1. The van der Waals surface area contributed by atoms with Crippen LogP contribution in [0.1, 0.15) is 38.7 Å². The van der Waals surface area contributed by atoms with E-state index >= 15 is 0 Å². The molecule has 4 aromatic rings. The molecule has 0 amide bonds. The summed E-state index contributed by atoms with van der Waals surface area (Å²) in [5, 5.41) is 10.6. The van der Waals surface area contributed by atoms with Gasteiger partial charge in [-0.2, -0.15) is 0 Å². The highest BCUT2D eigenvalue weighted by atomic mass is 16.5. The van der Waals surface area contributed by atoms with E-state index < -0.39 is 5.97 Å². The first kappa shape index (κ1) is 23.1. The number of carbonyl (C=O) groups is 1. The van der Waals surface area contributed by atoms with Crippen molar-refractivity contribution in [2.24, 2.45) is 0 Å². The zero-order valence-corrected chi connectivity index (χ0v) is 20.2. The van der Waals surface area contributed by atoms with Crippen LogP contribution >= 0.6 is 0 Å². The molecule has 0 aliphatic carbocycles. The van der Waals surface area contributed by atoms with E-state index in [0.29, 0.717) is 5.56 Å². The normalized spacial score (nSPS) is 17.0. The van der Waals surface area contributed by atoms with Gasteiger partial charge < -0.3 is 14.8 Å². The second-order valence-corrected chi connectivity index (χ2v) is 9.27. The summed E-state index contributed by atoms with van der Waals surface area (Å²) in [6.45, 7) is 6.48. The first-order valence-electron chi connectivity index (χ1n) is 12.0. The van der Waals surface area contributed by atoms with Gasteiger partial charge >= 0.3 is 5.97 Å². The van der Waals surface area contributed by atoms with Crippen LogP contribution in [0.15, 0.2) is 72.9 Å². The summed E-state index contributed by atoms with van der Waals surface area (Å²) in [6, 6.07) is 22.3. The maximum atomic E-state index is 11.4. The molecule has 0 radical (unpaired) electrons.